The molecule has 1 N–H and O–H groups in total. The van der Waals surface area contributed by atoms with E-state index in [9.17, 15) is 0 Å². The molecule has 0 aromatic carbocycles. The van der Waals surface area contributed by atoms with Crippen LogP contribution in [0.4, 0.5) is 0 Å². The normalized spacial score (nSPS) is 17.5. The van der Waals surface area contributed by atoms with E-state index in [4.69, 9.17) is 0 Å². The van der Waals surface area contributed by atoms with Crippen molar-refractivity contribution in [2.24, 2.45) is 5.92 Å². The van der Waals surface area contributed by atoms with Gasteiger partial charge in [-0.25, -0.2) is 0 Å². The smallest absolute Gasteiger partial charge is 0.0773 e. The molecule has 0 radical (unpaired) electrons. The van der Waals surface area contributed by atoms with Crippen LogP contribution in [0.15, 0.2) is 24.3 Å². The minimum Gasteiger partial charge on any atom is -0.335 e. The van der Waals surface area contributed by atoms with Gasteiger partial charge in [-0.1, -0.05) is 167 Å². The lowest BCUT2D eigenvalue weighted by molar-refractivity contribution is -0.906. The Labute approximate surface area is 273 Å². The van der Waals surface area contributed by atoms with E-state index in [1.807, 2.05) is 4.90 Å². The van der Waals surface area contributed by atoms with Gasteiger partial charge in [0, 0.05) is 0 Å². The van der Waals surface area contributed by atoms with E-state index in [1.165, 1.54) is 225 Å². The summed E-state index contributed by atoms with van der Waals surface area (Å²) in [7, 11) is 0. The number of quaternary nitrogens is 1. The highest BCUT2D eigenvalue weighted by molar-refractivity contribution is 4.82. The molecule has 1 aliphatic heterocycles. The maximum atomic E-state index is 2.46. The van der Waals surface area contributed by atoms with Crippen LogP contribution in [-0.4, -0.2) is 19.6 Å². The Bertz CT molecular complexity index is 569. The van der Waals surface area contributed by atoms with E-state index in [0.717, 1.165) is 5.92 Å². The highest BCUT2D eigenvalue weighted by Crippen LogP contribution is 2.19. The molecular weight excluding hydrogens is 518 g/mol. The molecule has 0 aromatic rings. The average molecular weight is 601 g/mol. The van der Waals surface area contributed by atoms with Crippen molar-refractivity contribution in [3.05, 3.63) is 24.3 Å². The minimum absolute atomic E-state index is 1.05. The summed E-state index contributed by atoms with van der Waals surface area (Å²) in [5, 5.41) is 0. The van der Waals surface area contributed by atoms with Gasteiger partial charge in [0.15, 0.2) is 0 Å². The molecular formula is C42H82N+. The Morgan fingerprint density at radius 1 is 0.395 bits per heavy atom. The summed E-state index contributed by atoms with van der Waals surface area (Å²) >= 11 is 0. The fourth-order valence-corrected chi connectivity index (χ4v) is 7.10. The number of likely N-dealkylation sites (tertiary alicyclic amines) is 1. The number of nitrogens with one attached hydrogen (secondary N) is 1. The van der Waals surface area contributed by atoms with E-state index in [0.29, 0.717) is 0 Å². The monoisotopic (exact) mass is 601 g/mol. The fraction of sp³-hybridized carbons (Fsp3) is 0.905. The Kier molecular flexibility index (Phi) is 32.3. The van der Waals surface area contributed by atoms with Crippen molar-refractivity contribution in [1.29, 1.82) is 0 Å². The van der Waals surface area contributed by atoms with Crippen LogP contribution in [0.2, 0.25) is 0 Å². The summed E-state index contributed by atoms with van der Waals surface area (Å²) in [5.74, 6) is 1.05. The quantitative estimate of drug-likeness (QED) is 0.0564. The first-order valence-electron chi connectivity index (χ1n) is 20.5. The van der Waals surface area contributed by atoms with E-state index in [-0.39, 0.29) is 0 Å². The van der Waals surface area contributed by atoms with Crippen LogP contribution in [0.3, 0.4) is 0 Å². The molecule has 1 rings (SSSR count). The van der Waals surface area contributed by atoms with Crippen molar-refractivity contribution in [3.8, 4) is 0 Å². The molecule has 43 heavy (non-hydrogen) atoms. The SMILES string of the molecule is CCCCCCCC/C=C\CCCCCCCCCC1CC[NH+](CCCCCCCC/C=C\CCCCCCCC)CC1. The van der Waals surface area contributed by atoms with Crippen molar-refractivity contribution < 1.29 is 4.90 Å². The third-order valence-electron chi connectivity index (χ3n) is 10.2. The molecule has 0 spiro atoms. The fourth-order valence-electron chi connectivity index (χ4n) is 7.10. The second kappa shape index (κ2) is 34.3. The van der Waals surface area contributed by atoms with E-state index in [1.54, 1.807) is 0 Å². The van der Waals surface area contributed by atoms with Crippen LogP contribution in [0.1, 0.15) is 219 Å². The first kappa shape index (κ1) is 40.5. The maximum absolute atomic E-state index is 2.46. The number of unbranched alkanes of at least 4 members (excludes halogenated alkanes) is 25. The first-order valence-corrected chi connectivity index (χ1v) is 20.5. The molecule has 1 saturated heterocycles. The number of allylic oxidation sites excluding steroid dienone is 4. The predicted octanol–water partition coefficient (Wildman–Crippen LogP) is 13.1. The highest BCUT2D eigenvalue weighted by Gasteiger charge is 2.21. The van der Waals surface area contributed by atoms with Gasteiger partial charge >= 0.3 is 0 Å². The van der Waals surface area contributed by atoms with Gasteiger partial charge < -0.3 is 4.90 Å². The zero-order valence-corrected chi connectivity index (χ0v) is 30.1. The van der Waals surface area contributed by atoms with Gasteiger partial charge in [0.1, 0.15) is 0 Å². The molecule has 0 bridgehead atoms. The summed E-state index contributed by atoms with van der Waals surface area (Å²) in [6.07, 6.45) is 55.6. The second-order valence-corrected chi connectivity index (χ2v) is 14.5. The van der Waals surface area contributed by atoms with Gasteiger partial charge in [-0.05, 0) is 83.0 Å². The van der Waals surface area contributed by atoms with Gasteiger partial charge in [-0.3, -0.25) is 0 Å². The van der Waals surface area contributed by atoms with Gasteiger partial charge in [-0.2, -0.15) is 0 Å². The van der Waals surface area contributed by atoms with Gasteiger partial charge in [0.25, 0.3) is 0 Å². The number of hydrogen-bond donors (Lipinski definition) is 1. The molecule has 0 amide bonds. The van der Waals surface area contributed by atoms with Gasteiger partial charge in [0.05, 0.1) is 19.6 Å². The Hall–Kier alpha value is -0.560. The van der Waals surface area contributed by atoms with Crippen molar-refractivity contribution in [3.63, 3.8) is 0 Å². The van der Waals surface area contributed by atoms with E-state index < -0.39 is 0 Å². The van der Waals surface area contributed by atoms with Crippen LogP contribution in [0, 0.1) is 5.92 Å². The topological polar surface area (TPSA) is 4.44 Å². The third kappa shape index (κ3) is 29.9. The average Bonchev–Trinajstić information content (AvgIpc) is 3.03. The molecule has 0 aliphatic carbocycles. The second-order valence-electron chi connectivity index (χ2n) is 14.5. The first-order chi connectivity index (χ1) is 21.4. The van der Waals surface area contributed by atoms with Crippen LogP contribution < -0.4 is 4.90 Å². The highest BCUT2D eigenvalue weighted by atomic mass is 15.1. The largest absolute Gasteiger partial charge is 0.335 e. The van der Waals surface area contributed by atoms with Crippen molar-refractivity contribution in [2.75, 3.05) is 19.6 Å². The molecule has 0 unspecified atom stereocenters. The zero-order chi connectivity index (χ0) is 30.7. The summed E-state index contributed by atoms with van der Waals surface area (Å²) in [4.78, 5) is 1.92. The van der Waals surface area contributed by atoms with Crippen LogP contribution >= 0.6 is 0 Å². The molecule has 1 heteroatoms. The summed E-state index contributed by atoms with van der Waals surface area (Å²) in [6.45, 7) is 8.97. The lowest BCUT2D eigenvalue weighted by Gasteiger charge is -2.29. The van der Waals surface area contributed by atoms with E-state index >= 15 is 0 Å². The standard InChI is InChI=1S/C42H81N/c1-3-5-7-9-11-13-15-17-19-21-22-24-26-28-30-32-34-36-42-37-40-43(41-38-42)39-35-33-31-29-27-25-23-20-18-16-14-12-10-8-6-4-2/h17-20,42H,3-16,21-41H2,1-2H3/p+1/b19-17-,20-18-. The molecule has 1 heterocycles. The summed E-state index contributed by atoms with van der Waals surface area (Å²) in [6, 6.07) is 0. The summed E-state index contributed by atoms with van der Waals surface area (Å²) < 4.78 is 0. The van der Waals surface area contributed by atoms with Crippen LogP contribution in [-0.2, 0) is 0 Å². The molecule has 1 nitrogen and oxygen atoms in total. The number of piperidine rings is 1. The Balaban J connectivity index is 1.77. The van der Waals surface area contributed by atoms with Crippen molar-refractivity contribution >= 4 is 0 Å². The third-order valence-corrected chi connectivity index (χ3v) is 10.2. The molecule has 0 atom stereocenters. The van der Waals surface area contributed by atoms with Crippen LogP contribution in [0.25, 0.3) is 0 Å². The molecule has 1 aliphatic rings. The maximum Gasteiger partial charge on any atom is 0.0773 e. The zero-order valence-electron chi connectivity index (χ0n) is 30.1. The molecule has 0 saturated carbocycles. The van der Waals surface area contributed by atoms with Gasteiger partial charge in [0.2, 0.25) is 0 Å². The Morgan fingerprint density at radius 3 is 1.12 bits per heavy atom. The van der Waals surface area contributed by atoms with Gasteiger partial charge in [-0.15, -0.1) is 0 Å². The molecule has 254 valence electrons. The van der Waals surface area contributed by atoms with Crippen molar-refractivity contribution in [1.82, 2.24) is 0 Å². The molecule has 0 aromatic heterocycles. The number of hydrogen-bond acceptors (Lipinski definition) is 0. The Morgan fingerprint density at radius 2 is 0.721 bits per heavy atom. The number of rotatable bonds is 33. The lowest BCUT2D eigenvalue weighted by atomic mass is 9.91. The summed E-state index contributed by atoms with van der Waals surface area (Å²) in [5.41, 5.74) is 0. The van der Waals surface area contributed by atoms with Crippen molar-refractivity contribution in [2.45, 2.75) is 219 Å². The van der Waals surface area contributed by atoms with Crippen LogP contribution in [0.5, 0.6) is 0 Å². The lowest BCUT2D eigenvalue weighted by Crippen LogP contribution is -3.13. The van der Waals surface area contributed by atoms with E-state index in [2.05, 4.69) is 38.2 Å². The molecule has 1 fully saturated rings. The minimum atomic E-state index is 1.05. The predicted molar refractivity (Wildman–Crippen MR) is 196 cm³/mol.